The van der Waals surface area contributed by atoms with Crippen LogP contribution in [0.5, 0.6) is 5.75 Å². The van der Waals surface area contributed by atoms with Crippen molar-refractivity contribution in [3.05, 3.63) is 88.7 Å². The molecule has 3 N–H and O–H groups in total. The molecular weight excluding hydrogens is 475 g/mol. The Morgan fingerprint density at radius 1 is 1.00 bits per heavy atom. The van der Waals surface area contributed by atoms with Crippen LogP contribution in [0.1, 0.15) is 18.1 Å². The van der Waals surface area contributed by atoms with Gasteiger partial charge in [0.1, 0.15) is 11.6 Å². The molecular formula is C25H22ClFN4O4. The minimum atomic E-state index is -0.942. The molecule has 3 aromatic carbocycles. The number of hydrogen-bond acceptors (Lipinski definition) is 5. The maximum absolute atomic E-state index is 13.2. The summed E-state index contributed by atoms with van der Waals surface area (Å²) >= 11 is 5.71. The zero-order valence-electron chi connectivity index (χ0n) is 18.7. The SMILES string of the molecule is CCc1ccccc1NC(=O)C(=O)N/N=C\c1ccccc1OCC(=O)Nc1ccc(F)c(Cl)c1. The highest BCUT2D eigenvalue weighted by molar-refractivity contribution is 6.39. The maximum Gasteiger partial charge on any atom is 0.329 e. The average Bonchev–Trinajstić information content (AvgIpc) is 2.86. The summed E-state index contributed by atoms with van der Waals surface area (Å²) in [7, 11) is 0. The van der Waals surface area contributed by atoms with E-state index in [9.17, 15) is 18.8 Å². The van der Waals surface area contributed by atoms with Crippen LogP contribution in [-0.2, 0) is 20.8 Å². The van der Waals surface area contributed by atoms with Crippen LogP contribution in [0.3, 0.4) is 0 Å². The first-order chi connectivity index (χ1) is 16.9. The highest BCUT2D eigenvalue weighted by atomic mass is 35.5. The van der Waals surface area contributed by atoms with Crippen LogP contribution in [-0.4, -0.2) is 30.5 Å². The molecule has 0 aromatic heterocycles. The highest BCUT2D eigenvalue weighted by Crippen LogP contribution is 2.20. The zero-order valence-corrected chi connectivity index (χ0v) is 19.4. The Morgan fingerprint density at radius 2 is 1.74 bits per heavy atom. The van der Waals surface area contributed by atoms with Gasteiger partial charge in [-0.1, -0.05) is 48.9 Å². The van der Waals surface area contributed by atoms with Gasteiger partial charge in [0.2, 0.25) is 0 Å². The topological polar surface area (TPSA) is 109 Å². The summed E-state index contributed by atoms with van der Waals surface area (Å²) in [5.41, 5.74) is 4.40. The van der Waals surface area contributed by atoms with Gasteiger partial charge in [-0.25, -0.2) is 9.82 Å². The van der Waals surface area contributed by atoms with E-state index in [0.29, 0.717) is 29.1 Å². The summed E-state index contributed by atoms with van der Waals surface area (Å²) < 4.78 is 18.8. The third-order valence-corrected chi connectivity index (χ3v) is 4.99. The molecule has 3 rings (SSSR count). The van der Waals surface area contributed by atoms with E-state index >= 15 is 0 Å². The van der Waals surface area contributed by atoms with Crippen LogP contribution in [0.15, 0.2) is 71.8 Å². The van der Waals surface area contributed by atoms with Gasteiger partial charge in [-0.2, -0.15) is 5.10 Å². The van der Waals surface area contributed by atoms with Crippen LogP contribution in [0.4, 0.5) is 15.8 Å². The first kappa shape index (κ1) is 25.4. The van der Waals surface area contributed by atoms with Crippen molar-refractivity contribution in [2.24, 2.45) is 5.10 Å². The number of hydrazone groups is 1. The molecule has 0 aliphatic heterocycles. The van der Waals surface area contributed by atoms with E-state index in [1.54, 1.807) is 36.4 Å². The number of aryl methyl sites for hydroxylation is 1. The Labute approximate surface area is 206 Å². The van der Waals surface area contributed by atoms with Crippen molar-refractivity contribution in [3.63, 3.8) is 0 Å². The van der Waals surface area contributed by atoms with E-state index in [1.165, 1.54) is 18.3 Å². The fourth-order valence-electron chi connectivity index (χ4n) is 2.97. The number of amides is 3. The number of ether oxygens (including phenoxy) is 1. The Morgan fingerprint density at radius 3 is 2.51 bits per heavy atom. The third kappa shape index (κ3) is 7.38. The van der Waals surface area contributed by atoms with Gasteiger partial charge in [-0.15, -0.1) is 0 Å². The number of benzene rings is 3. The molecule has 8 nitrogen and oxygen atoms in total. The number of hydrogen-bond donors (Lipinski definition) is 3. The number of nitrogens with one attached hydrogen (secondary N) is 3. The third-order valence-electron chi connectivity index (χ3n) is 4.70. The second-order valence-corrected chi connectivity index (χ2v) is 7.57. The van der Waals surface area contributed by atoms with Gasteiger partial charge in [0.15, 0.2) is 6.61 Å². The van der Waals surface area contributed by atoms with Gasteiger partial charge in [-0.05, 0) is 48.4 Å². The second-order valence-electron chi connectivity index (χ2n) is 7.17. The van der Waals surface area contributed by atoms with Gasteiger partial charge in [0.25, 0.3) is 5.91 Å². The smallest absolute Gasteiger partial charge is 0.329 e. The van der Waals surface area contributed by atoms with Crippen LogP contribution in [0.2, 0.25) is 5.02 Å². The fourth-order valence-corrected chi connectivity index (χ4v) is 3.15. The molecule has 0 fully saturated rings. The average molecular weight is 497 g/mol. The first-order valence-corrected chi connectivity index (χ1v) is 10.9. The van der Waals surface area contributed by atoms with E-state index < -0.39 is 23.5 Å². The summed E-state index contributed by atoms with van der Waals surface area (Å²) in [5, 5.41) is 8.79. The van der Waals surface area contributed by atoms with E-state index in [1.807, 2.05) is 19.1 Å². The summed E-state index contributed by atoms with van der Waals surface area (Å²) in [4.78, 5) is 36.4. The second kappa shape index (κ2) is 12.3. The predicted octanol–water partition coefficient (Wildman–Crippen LogP) is 4.15. The minimum Gasteiger partial charge on any atom is -0.483 e. The Balaban J connectivity index is 1.54. The predicted molar refractivity (Wildman–Crippen MR) is 132 cm³/mol. The lowest BCUT2D eigenvalue weighted by molar-refractivity contribution is -0.136. The number of para-hydroxylation sites is 2. The molecule has 0 spiro atoms. The number of carbonyl (C=O) groups excluding carboxylic acids is 3. The maximum atomic E-state index is 13.2. The normalized spacial score (nSPS) is 10.6. The van der Waals surface area contributed by atoms with Gasteiger partial charge in [0.05, 0.1) is 11.2 Å². The van der Waals surface area contributed by atoms with E-state index in [-0.39, 0.29) is 11.6 Å². The van der Waals surface area contributed by atoms with Crippen molar-refractivity contribution in [1.29, 1.82) is 0 Å². The van der Waals surface area contributed by atoms with Crippen LogP contribution >= 0.6 is 11.6 Å². The molecule has 180 valence electrons. The van der Waals surface area contributed by atoms with Crippen molar-refractivity contribution >= 4 is 46.9 Å². The van der Waals surface area contributed by atoms with Crippen molar-refractivity contribution in [2.75, 3.05) is 17.2 Å². The minimum absolute atomic E-state index is 0.115. The highest BCUT2D eigenvalue weighted by Gasteiger charge is 2.14. The molecule has 0 radical (unpaired) electrons. The largest absolute Gasteiger partial charge is 0.483 e. The van der Waals surface area contributed by atoms with Gasteiger partial charge < -0.3 is 15.4 Å². The lowest BCUT2D eigenvalue weighted by atomic mass is 10.1. The standard InChI is InChI=1S/C25H22ClFN4O4/c1-2-16-7-3-5-9-21(16)30-24(33)25(34)31-28-14-17-8-4-6-10-22(17)35-15-23(32)29-18-11-12-20(27)19(26)13-18/h3-14H,2,15H2,1H3,(H,29,32)(H,30,33)(H,31,34)/b28-14-. The van der Waals surface area contributed by atoms with Gasteiger partial charge >= 0.3 is 11.8 Å². The quantitative estimate of drug-likeness (QED) is 0.247. The number of carbonyl (C=O) groups is 3. The van der Waals surface area contributed by atoms with E-state index in [2.05, 4.69) is 21.2 Å². The Bertz CT molecular complexity index is 1270. The van der Waals surface area contributed by atoms with Gasteiger partial charge in [-0.3, -0.25) is 14.4 Å². The lowest BCUT2D eigenvalue weighted by Gasteiger charge is -2.10. The molecule has 0 heterocycles. The number of rotatable bonds is 8. The monoisotopic (exact) mass is 496 g/mol. The van der Waals surface area contributed by atoms with Crippen molar-refractivity contribution in [3.8, 4) is 5.75 Å². The fraction of sp³-hybridized carbons (Fsp3) is 0.120. The zero-order chi connectivity index (χ0) is 25.2. The van der Waals surface area contributed by atoms with Crippen LogP contribution in [0.25, 0.3) is 0 Å². The molecule has 0 bridgehead atoms. The van der Waals surface area contributed by atoms with Gasteiger partial charge in [0, 0.05) is 16.9 Å². The Kier molecular flexibility index (Phi) is 8.91. The molecule has 0 unspecified atom stereocenters. The molecule has 0 saturated carbocycles. The molecule has 0 atom stereocenters. The summed E-state index contributed by atoms with van der Waals surface area (Å²) in [5.74, 6) is -2.56. The molecule has 10 heteroatoms. The summed E-state index contributed by atoms with van der Waals surface area (Å²) in [6.07, 6.45) is 1.99. The number of nitrogens with zero attached hydrogens (tertiary/aromatic N) is 1. The molecule has 3 aromatic rings. The molecule has 0 saturated heterocycles. The van der Waals surface area contributed by atoms with E-state index in [0.717, 1.165) is 11.6 Å². The first-order valence-electron chi connectivity index (χ1n) is 10.6. The van der Waals surface area contributed by atoms with Crippen molar-refractivity contribution in [1.82, 2.24) is 5.43 Å². The molecule has 0 aliphatic carbocycles. The summed E-state index contributed by atoms with van der Waals surface area (Å²) in [6, 6.07) is 17.7. The lowest BCUT2D eigenvalue weighted by Crippen LogP contribution is -2.32. The number of halogens is 2. The number of anilines is 2. The van der Waals surface area contributed by atoms with E-state index in [4.69, 9.17) is 16.3 Å². The molecule has 3 amide bonds. The van der Waals surface area contributed by atoms with Crippen molar-refractivity contribution < 1.29 is 23.5 Å². The molecule has 0 aliphatic rings. The van der Waals surface area contributed by atoms with Crippen molar-refractivity contribution in [2.45, 2.75) is 13.3 Å². The van der Waals surface area contributed by atoms with Crippen LogP contribution in [0, 0.1) is 5.82 Å². The summed E-state index contributed by atoms with van der Waals surface area (Å²) in [6.45, 7) is 1.60. The Hall–Kier alpha value is -4.24. The van der Waals surface area contributed by atoms with Crippen LogP contribution < -0.4 is 20.8 Å². The molecule has 35 heavy (non-hydrogen) atoms.